The van der Waals surface area contributed by atoms with Crippen LogP contribution in [0.15, 0.2) is 29.1 Å². The first-order valence-electron chi connectivity index (χ1n) is 6.94. The molecule has 1 unspecified atom stereocenters. The molecule has 0 bridgehead atoms. The highest BCUT2D eigenvalue weighted by atomic mass is 16.5. The number of benzene rings is 1. The molecule has 3 rings (SSSR count). The van der Waals surface area contributed by atoms with Gasteiger partial charge < -0.3 is 10.1 Å². The van der Waals surface area contributed by atoms with Crippen LogP contribution in [0, 0.1) is 5.92 Å². The lowest BCUT2D eigenvalue weighted by molar-refractivity contribution is -0.124. The minimum atomic E-state index is -0.195. The van der Waals surface area contributed by atoms with E-state index in [0.29, 0.717) is 37.2 Å². The van der Waals surface area contributed by atoms with Gasteiger partial charge in [0, 0.05) is 13.2 Å². The quantitative estimate of drug-likeness (QED) is 0.852. The molecule has 0 radical (unpaired) electrons. The average Bonchev–Trinajstić information content (AvgIpc) is 3.04. The summed E-state index contributed by atoms with van der Waals surface area (Å²) in [6.45, 7) is 1.76. The number of hydrogen-bond donors (Lipinski definition) is 1. The third-order valence-electron chi connectivity index (χ3n) is 3.55. The number of carbonyl (C=O) groups is 1. The van der Waals surface area contributed by atoms with Crippen LogP contribution in [-0.2, 0) is 16.1 Å². The minimum absolute atomic E-state index is 0.0331. The molecule has 21 heavy (non-hydrogen) atoms. The molecule has 0 spiro atoms. The fourth-order valence-electron chi connectivity index (χ4n) is 2.34. The molecule has 1 aromatic heterocycles. The number of hydrogen-bond acceptors (Lipinski definition) is 5. The Labute approximate surface area is 120 Å². The number of ether oxygens (including phenoxy) is 1. The number of carbonyl (C=O) groups excluding carboxylic acids is 1. The van der Waals surface area contributed by atoms with Crippen molar-refractivity contribution in [3.05, 3.63) is 34.6 Å². The van der Waals surface area contributed by atoms with Gasteiger partial charge in [-0.25, -0.2) is 4.68 Å². The number of aromatic nitrogens is 3. The molecule has 0 saturated carbocycles. The van der Waals surface area contributed by atoms with Gasteiger partial charge in [-0.3, -0.25) is 9.59 Å². The van der Waals surface area contributed by atoms with Crippen molar-refractivity contribution >= 4 is 16.8 Å². The normalized spacial score (nSPS) is 18.0. The molecule has 2 aromatic rings. The molecule has 7 nitrogen and oxygen atoms in total. The van der Waals surface area contributed by atoms with Crippen molar-refractivity contribution in [2.24, 2.45) is 5.92 Å². The van der Waals surface area contributed by atoms with E-state index in [0.717, 1.165) is 6.42 Å². The summed E-state index contributed by atoms with van der Waals surface area (Å²) in [5.41, 5.74) is 0.380. The van der Waals surface area contributed by atoms with Crippen LogP contribution in [0.1, 0.15) is 6.42 Å². The molecule has 110 valence electrons. The lowest BCUT2D eigenvalue weighted by atomic mass is 10.1. The van der Waals surface area contributed by atoms with Crippen molar-refractivity contribution in [2.75, 3.05) is 19.8 Å². The van der Waals surface area contributed by atoms with Crippen LogP contribution in [0.4, 0.5) is 0 Å². The van der Waals surface area contributed by atoms with E-state index in [1.54, 1.807) is 18.2 Å². The molecule has 1 N–H and O–H groups in total. The van der Waals surface area contributed by atoms with Crippen molar-refractivity contribution in [3.63, 3.8) is 0 Å². The molecule has 1 aromatic carbocycles. The smallest absolute Gasteiger partial charge is 0.277 e. The van der Waals surface area contributed by atoms with Gasteiger partial charge in [-0.05, 0) is 18.6 Å². The Morgan fingerprint density at radius 1 is 1.43 bits per heavy atom. The second kappa shape index (κ2) is 6.01. The summed E-state index contributed by atoms with van der Waals surface area (Å²) in [7, 11) is 0. The minimum Gasteiger partial charge on any atom is -0.381 e. The third kappa shape index (κ3) is 2.92. The van der Waals surface area contributed by atoms with E-state index in [1.807, 2.05) is 6.07 Å². The van der Waals surface area contributed by atoms with Gasteiger partial charge in [0.15, 0.2) is 0 Å². The second-order valence-corrected chi connectivity index (χ2v) is 4.99. The average molecular weight is 288 g/mol. The fourth-order valence-corrected chi connectivity index (χ4v) is 2.34. The summed E-state index contributed by atoms with van der Waals surface area (Å²) >= 11 is 0. The van der Waals surface area contributed by atoms with Gasteiger partial charge in [-0.2, -0.15) is 0 Å². The van der Waals surface area contributed by atoms with E-state index in [-0.39, 0.29) is 17.4 Å². The molecular weight excluding hydrogens is 272 g/mol. The third-order valence-corrected chi connectivity index (χ3v) is 3.55. The zero-order chi connectivity index (χ0) is 14.7. The number of amides is 1. The molecule has 1 atom stereocenters. The molecule has 2 heterocycles. The Morgan fingerprint density at radius 2 is 2.29 bits per heavy atom. The van der Waals surface area contributed by atoms with E-state index < -0.39 is 0 Å². The van der Waals surface area contributed by atoms with E-state index >= 15 is 0 Å². The van der Waals surface area contributed by atoms with Gasteiger partial charge in [0.05, 0.1) is 24.5 Å². The molecular formula is C14H16N4O3. The first-order valence-corrected chi connectivity index (χ1v) is 6.94. The SMILES string of the molecule is O=C(NCCn1nnc2ccccc2c1=O)C1CCOC1. The zero-order valence-electron chi connectivity index (χ0n) is 11.5. The van der Waals surface area contributed by atoms with Crippen LogP contribution in [0.5, 0.6) is 0 Å². The van der Waals surface area contributed by atoms with Crippen LogP contribution in [0.25, 0.3) is 10.9 Å². The molecule has 1 aliphatic heterocycles. The molecule has 1 fully saturated rings. The highest BCUT2D eigenvalue weighted by Gasteiger charge is 2.22. The van der Waals surface area contributed by atoms with Gasteiger partial charge in [0.1, 0.15) is 5.52 Å². The van der Waals surface area contributed by atoms with Gasteiger partial charge in [0.25, 0.3) is 5.56 Å². The van der Waals surface area contributed by atoms with Crippen LogP contribution in [-0.4, -0.2) is 40.7 Å². The number of nitrogens with zero attached hydrogens (tertiary/aromatic N) is 3. The number of fused-ring (bicyclic) bond motifs is 1. The van der Waals surface area contributed by atoms with Crippen molar-refractivity contribution in [1.82, 2.24) is 20.3 Å². The lowest BCUT2D eigenvalue weighted by Gasteiger charge is -2.09. The molecule has 1 saturated heterocycles. The monoisotopic (exact) mass is 288 g/mol. The maximum absolute atomic E-state index is 12.2. The lowest BCUT2D eigenvalue weighted by Crippen LogP contribution is -2.36. The number of nitrogens with one attached hydrogen (secondary N) is 1. The summed E-state index contributed by atoms with van der Waals surface area (Å²) in [6, 6.07) is 7.07. The highest BCUT2D eigenvalue weighted by Crippen LogP contribution is 2.11. The largest absolute Gasteiger partial charge is 0.381 e. The first-order chi connectivity index (χ1) is 10.3. The molecule has 1 aliphatic rings. The Balaban J connectivity index is 1.64. The summed E-state index contributed by atoms with van der Waals surface area (Å²) < 4.78 is 6.44. The van der Waals surface area contributed by atoms with E-state index in [1.165, 1.54) is 4.68 Å². The summed E-state index contributed by atoms with van der Waals surface area (Å²) in [5, 5.41) is 11.2. The van der Waals surface area contributed by atoms with E-state index in [2.05, 4.69) is 15.6 Å². The molecule has 1 amide bonds. The summed E-state index contributed by atoms with van der Waals surface area (Å²) in [6.07, 6.45) is 0.752. The van der Waals surface area contributed by atoms with E-state index in [4.69, 9.17) is 4.74 Å². The highest BCUT2D eigenvalue weighted by molar-refractivity contribution is 5.79. The molecule has 7 heteroatoms. The summed E-state index contributed by atoms with van der Waals surface area (Å²) in [4.78, 5) is 24.0. The zero-order valence-corrected chi connectivity index (χ0v) is 11.5. The Bertz CT molecular complexity index is 707. The van der Waals surface area contributed by atoms with Gasteiger partial charge >= 0.3 is 0 Å². The molecule has 0 aliphatic carbocycles. The Kier molecular flexibility index (Phi) is 3.92. The maximum Gasteiger partial charge on any atom is 0.277 e. The van der Waals surface area contributed by atoms with Crippen molar-refractivity contribution < 1.29 is 9.53 Å². The second-order valence-electron chi connectivity index (χ2n) is 4.99. The van der Waals surface area contributed by atoms with E-state index in [9.17, 15) is 9.59 Å². The van der Waals surface area contributed by atoms with Gasteiger partial charge in [0.2, 0.25) is 5.91 Å². The Morgan fingerprint density at radius 3 is 3.10 bits per heavy atom. The van der Waals surface area contributed by atoms with Crippen molar-refractivity contribution in [2.45, 2.75) is 13.0 Å². The first kappa shape index (κ1) is 13.7. The number of rotatable bonds is 4. The standard InChI is InChI=1S/C14H16N4O3/c19-13(10-5-8-21-9-10)15-6-7-18-14(20)11-3-1-2-4-12(11)16-17-18/h1-4,10H,5-9H2,(H,15,19). The van der Waals surface area contributed by atoms with Crippen LogP contribution in [0.3, 0.4) is 0 Å². The predicted molar refractivity (Wildman–Crippen MR) is 75.7 cm³/mol. The maximum atomic E-state index is 12.2. The fraction of sp³-hybridized carbons (Fsp3) is 0.429. The van der Waals surface area contributed by atoms with Gasteiger partial charge in [-0.1, -0.05) is 17.3 Å². The van der Waals surface area contributed by atoms with Crippen molar-refractivity contribution in [1.29, 1.82) is 0 Å². The van der Waals surface area contributed by atoms with Gasteiger partial charge in [-0.15, -0.1) is 5.10 Å². The van der Waals surface area contributed by atoms with Crippen LogP contribution < -0.4 is 10.9 Å². The van der Waals surface area contributed by atoms with Crippen LogP contribution in [0.2, 0.25) is 0 Å². The topological polar surface area (TPSA) is 86.1 Å². The predicted octanol–water partition coefficient (Wildman–Crippen LogP) is -0.0558. The summed E-state index contributed by atoms with van der Waals surface area (Å²) in [5.74, 6) is -0.112. The van der Waals surface area contributed by atoms with Crippen LogP contribution >= 0.6 is 0 Å². The van der Waals surface area contributed by atoms with Crippen molar-refractivity contribution in [3.8, 4) is 0 Å². The Hall–Kier alpha value is -2.28.